The van der Waals surface area contributed by atoms with E-state index in [1.54, 1.807) is 22.9 Å². The average Bonchev–Trinajstić information content (AvgIpc) is 2.67. The van der Waals surface area contributed by atoms with Crippen molar-refractivity contribution in [3.05, 3.63) is 18.7 Å². The van der Waals surface area contributed by atoms with E-state index < -0.39 is 11.1 Å². The Balaban J connectivity index is 3.27. The molecule has 0 saturated heterocycles. The smallest absolute Gasteiger partial charge is 0.139 e. The molecule has 1 aromatic rings. The maximum Gasteiger partial charge on any atom is 0.139 e. The van der Waals surface area contributed by atoms with Crippen molar-refractivity contribution in [2.75, 3.05) is 10.1 Å². The second-order valence-corrected chi connectivity index (χ2v) is 6.57. The summed E-state index contributed by atoms with van der Waals surface area (Å²) in [5, 5.41) is 22.8. The molecule has 5 nitrogen and oxygen atoms in total. The van der Waals surface area contributed by atoms with Gasteiger partial charge >= 0.3 is 0 Å². The summed E-state index contributed by atoms with van der Waals surface area (Å²) < 4.78 is 1.65. The molecule has 0 amide bonds. The van der Waals surface area contributed by atoms with Crippen LogP contribution in [0.5, 0.6) is 0 Å². The molecule has 0 aliphatic heterocycles. The minimum atomic E-state index is -0.446. The fraction of sp³-hybridized carbons (Fsp3) is 0.571. The van der Waals surface area contributed by atoms with Crippen LogP contribution in [0.1, 0.15) is 41.5 Å². The number of rotatable bonds is 3. The van der Waals surface area contributed by atoms with E-state index in [9.17, 15) is 10.4 Å². The van der Waals surface area contributed by atoms with E-state index >= 15 is 0 Å². The van der Waals surface area contributed by atoms with Crippen LogP contribution in [0.3, 0.4) is 0 Å². The number of hydroxylamine groups is 2. The fourth-order valence-corrected chi connectivity index (χ4v) is 1.65. The molecule has 108 valence electrons. The summed E-state index contributed by atoms with van der Waals surface area (Å²) in [7, 11) is 0. The van der Waals surface area contributed by atoms with Gasteiger partial charge in [0.15, 0.2) is 0 Å². The van der Waals surface area contributed by atoms with Crippen LogP contribution in [0, 0.1) is 0 Å². The third-order valence-corrected chi connectivity index (χ3v) is 2.76. The molecule has 0 saturated carbocycles. The molecule has 2 N–H and O–H groups in total. The highest BCUT2D eigenvalue weighted by molar-refractivity contribution is 5.59. The molecule has 5 heteroatoms. The van der Waals surface area contributed by atoms with Gasteiger partial charge in [0.25, 0.3) is 0 Å². The van der Waals surface area contributed by atoms with Gasteiger partial charge in [-0.15, -0.1) is 0 Å². The molecule has 0 fully saturated rings. The van der Waals surface area contributed by atoms with E-state index in [1.165, 1.54) is 0 Å². The fourth-order valence-electron chi connectivity index (χ4n) is 1.65. The van der Waals surface area contributed by atoms with Gasteiger partial charge in [-0.3, -0.25) is 15.0 Å². The third kappa shape index (κ3) is 3.11. The van der Waals surface area contributed by atoms with E-state index in [-0.39, 0.29) is 0 Å². The highest BCUT2D eigenvalue weighted by Crippen LogP contribution is 2.31. The zero-order chi connectivity index (χ0) is 15.0. The lowest BCUT2D eigenvalue weighted by Gasteiger charge is -2.34. The summed E-state index contributed by atoms with van der Waals surface area (Å²) in [6.07, 6.45) is 1.56. The molecule has 1 aromatic heterocycles. The van der Waals surface area contributed by atoms with Crippen molar-refractivity contribution >= 4 is 17.8 Å². The van der Waals surface area contributed by atoms with Gasteiger partial charge < -0.3 is 0 Å². The first-order chi connectivity index (χ1) is 8.50. The first-order valence-corrected chi connectivity index (χ1v) is 6.32. The Morgan fingerprint density at radius 2 is 1.26 bits per heavy atom. The lowest BCUT2D eigenvalue weighted by Crippen LogP contribution is -2.41. The van der Waals surface area contributed by atoms with E-state index in [1.807, 2.05) is 41.5 Å². The Bertz CT molecular complexity index is 415. The lowest BCUT2D eigenvalue weighted by molar-refractivity contribution is 0.171. The summed E-state index contributed by atoms with van der Waals surface area (Å²) in [6, 6.07) is 3.49. The Hall–Kier alpha value is -1.46. The Labute approximate surface area is 115 Å². The first-order valence-electron chi connectivity index (χ1n) is 6.32. The quantitative estimate of drug-likeness (QED) is 0.822. The van der Waals surface area contributed by atoms with Crippen molar-refractivity contribution in [3.8, 4) is 0 Å². The van der Waals surface area contributed by atoms with Crippen molar-refractivity contribution in [1.29, 1.82) is 0 Å². The summed E-state index contributed by atoms with van der Waals surface area (Å²) in [5.74, 6) is 1.11. The van der Waals surface area contributed by atoms with Crippen molar-refractivity contribution in [2.45, 2.75) is 52.6 Å². The number of aromatic nitrogens is 1. The minimum Gasteiger partial charge on any atom is -0.287 e. The van der Waals surface area contributed by atoms with Crippen LogP contribution in [0.4, 0.5) is 11.6 Å². The number of hydrogen-bond donors (Lipinski definition) is 2. The molecular weight excluding hydrogens is 242 g/mol. The molecule has 0 unspecified atom stereocenters. The number of anilines is 2. The normalized spacial score (nSPS) is 12.4. The van der Waals surface area contributed by atoms with Crippen LogP contribution >= 0.6 is 0 Å². The molecule has 0 aliphatic carbocycles. The van der Waals surface area contributed by atoms with Crippen LogP contribution in [0.2, 0.25) is 0 Å². The summed E-state index contributed by atoms with van der Waals surface area (Å²) >= 11 is 0. The van der Waals surface area contributed by atoms with Gasteiger partial charge in [0, 0.05) is 6.20 Å². The third-order valence-electron chi connectivity index (χ3n) is 2.76. The molecule has 19 heavy (non-hydrogen) atoms. The van der Waals surface area contributed by atoms with Gasteiger partial charge in [0.05, 0.1) is 11.1 Å². The van der Waals surface area contributed by atoms with Crippen LogP contribution in [0.25, 0.3) is 6.20 Å². The zero-order valence-electron chi connectivity index (χ0n) is 12.7. The second kappa shape index (κ2) is 4.90. The zero-order valence-corrected chi connectivity index (χ0v) is 12.7. The van der Waals surface area contributed by atoms with Crippen molar-refractivity contribution in [1.82, 2.24) is 4.57 Å². The predicted molar refractivity (Wildman–Crippen MR) is 78.9 cm³/mol. The molecule has 0 spiro atoms. The maximum absolute atomic E-state index is 10.2. The molecular formula is C14H25N3O2. The molecule has 0 aliphatic rings. The maximum atomic E-state index is 10.2. The van der Waals surface area contributed by atoms with Crippen LogP contribution in [0.15, 0.2) is 18.7 Å². The molecule has 0 aromatic carbocycles. The number of nitrogens with zero attached hydrogens (tertiary/aromatic N) is 3. The molecule has 0 bridgehead atoms. The summed E-state index contributed by atoms with van der Waals surface area (Å²) in [6.45, 7) is 15.1. The standard InChI is InChI=1S/C14H25N3O2/c1-8-15-11(16(18)13(2,3)4)9-10-12(15)17(19)14(5,6)7/h8-10,18-19H,1H2,2-7H3. The van der Waals surface area contributed by atoms with Crippen molar-refractivity contribution in [2.24, 2.45) is 0 Å². The SMILES string of the molecule is C=Cn1c(N(O)C(C)(C)C)ccc1N(O)C(C)(C)C. The Morgan fingerprint density at radius 1 is 0.947 bits per heavy atom. The first kappa shape index (κ1) is 15.6. The van der Waals surface area contributed by atoms with Gasteiger partial charge in [-0.2, -0.15) is 0 Å². The highest BCUT2D eigenvalue weighted by Gasteiger charge is 2.27. The second-order valence-electron chi connectivity index (χ2n) is 6.57. The van der Waals surface area contributed by atoms with Gasteiger partial charge in [-0.05, 0) is 53.7 Å². The van der Waals surface area contributed by atoms with E-state index in [2.05, 4.69) is 6.58 Å². The van der Waals surface area contributed by atoms with Gasteiger partial charge in [-0.1, -0.05) is 6.58 Å². The van der Waals surface area contributed by atoms with Gasteiger partial charge in [-0.25, -0.2) is 10.1 Å². The average molecular weight is 267 g/mol. The number of hydrogen-bond acceptors (Lipinski definition) is 4. The largest absolute Gasteiger partial charge is 0.287 e. The van der Waals surface area contributed by atoms with Crippen LogP contribution in [-0.2, 0) is 0 Å². The van der Waals surface area contributed by atoms with Crippen molar-refractivity contribution < 1.29 is 10.4 Å². The van der Waals surface area contributed by atoms with Crippen LogP contribution in [-0.4, -0.2) is 26.1 Å². The monoisotopic (exact) mass is 267 g/mol. The van der Waals surface area contributed by atoms with Gasteiger partial charge in [0.1, 0.15) is 11.6 Å². The highest BCUT2D eigenvalue weighted by atomic mass is 16.5. The predicted octanol–water partition coefficient (Wildman–Crippen LogP) is 3.58. The van der Waals surface area contributed by atoms with E-state index in [4.69, 9.17) is 0 Å². The summed E-state index contributed by atoms with van der Waals surface area (Å²) in [5.41, 5.74) is -0.892. The Morgan fingerprint density at radius 3 is 1.47 bits per heavy atom. The topological polar surface area (TPSA) is 51.9 Å². The minimum absolute atomic E-state index is 0.446. The van der Waals surface area contributed by atoms with E-state index in [0.717, 1.165) is 10.1 Å². The molecule has 0 atom stereocenters. The van der Waals surface area contributed by atoms with E-state index in [0.29, 0.717) is 11.6 Å². The van der Waals surface area contributed by atoms with Crippen LogP contribution < -0.4 is 10.1 Å². The molecule has 0 radical (unpaired) electrons. The molecule has 1 heterocycles. The Kier molecular flexibility index (Phi) is 4.03. The lowest BCUT2D eigenvalue weighted by atomic mass is 10.1. The molecule has 1 rings (SSSR count). The summed E-state index contributed by atoms with van der Waals surface area (Å²) in [4.78, 5) is 0. The van der Waals surface area contributed by atoms with Crippen molar-refractivity contribution in [3.63, 3.8) is 0 Å². The van der Waals surface area contributed by atoms with Gasteiger partial charge in [0.2, 0.25) is 0 Å².